The van der Waals surface area contributed by atoms with Crippen molar-refractivity contribution < 1.29 is 4.92 Å². The molecule has 4 saturated carbocycles. The first-order valence-corrected chi connectivity index (χ1v) is 13.3. The third-order valence-corrected chi connectivity index (χ3v) is 11.1. The predicted octanol–water partition coefficient (Wildman–Crippen LogP) is 7.75. The minimum Gasteiger partial charge on any atom is -0.264 e. The Morgan fingerprint density at radius 2 is 1.63 bits per heavy atom. The number of hydrogen-bond donors (Lipinski definition) is 0. The lowest BCUT2D eigenvalue weighted by Crippen LogP contribution is -2.58. The van der Waals surface area contributed by atoms with Crippen LogP contribution in [0.15, 0.2) is 0 Å². The molecular weight excluding hydrogens is 370 g/mol. The van der Waals surface area contributed by atoms with E-state index in [2.05, 4.69) is 34.6 Å². The maximum Gasteiger partial charge on any atom is 0.216 e. The fourth-order valence-corrected chi connectivity index (χ4v) is 9.61. The molecule has 4 rings (SSSR count). The zero-order chi connectivity index (χ0) is 21.7. The standard InChI is InChI=1S/C27H47NO2/c1-18(2)9-8-10-19(3)21-12-13-22-20-17-25(28(29)30)24-11-6-7-15-26(24,4)23(20)14-16-27(21,22)5/h18-25H,6-17H2,1-5H3/t19-,20+,21-,22+,23+,24-,25+,26-,27-/m1/s1. The van der Waals surface area contributed by atoms with Crippen molar-refractivity contribution in [2.75, 3.05) is 0 Å². The first-order valence-electron chi connectivity index (χ1n) is 13.3. The van der Waals surface area contributed by atoms with E-state index in [0.717, 1.165) is 42.4 Å². The fourth-order valence-electron chi connectivity index (χ4n) is 9.61. The normalized spacial score (nSPS) is 46.7. The zero-order valence-electron chi connectivity index (χ0n) is 20.4. The molecule has 30 heavy (non-hydrogen) atoms. The highest BCUT2D eigenvalue weighted by Crippen LogP contribution is 2.68. The molecule has 0 aliphatic heterocycles. The highest BCUT2D eigenvalue weighted by atomic mass is 16.6. The number of rotatable bonds is 6. The molecule has 0 radical (unpaired) electrons. The van der Waals surface area contributed by atoms with Crippen molar-refractivity contribution in [2.24, 2.45) is 52.3 Å². The average molecular weight is 418 g/mol. The smallest absolute Gasteiger partial charge is 0.216 e. The van der Waals surface area contributed by atoms with Gasteiger partial charge in [-0.05, 0) is 84.9 Å². The lowest BCUT2D eigenvalue weighted by atomic mass is 9.43. The Morgan fingerprint density at radius 1 is 0.900 bits per heavy atom. The van der Waals surface area contributed by atoms with Crippen LogP contribution >= 0.6 is 0 Å². The van der Waals surface area contributed by atoms with Crippen LogP contribution in [0.5, 0.6) is 0 Å². The van der Waals surface area contributed by atoms with Crippen molar-refractivity contribution in [1.29, 1.82) is 0 Å². The van der Waals surface area contributed by atoms with Crippen LogP contribution in [0.25, 0.3) is 0 Å². The van der Waals surface area contributed by atoms with Crippen LogP contribution in [-0.2, 0) is 0 Å². The van der Waals surface area contributed by atoms with Crippen molar-refractivity contribution in [2.45, 2.75) is 118 Å². The Kier molecular flexibility index (Phi) is 6.32. The molecule has 0 aromatic heterocycles. The summed E-state index contributed by atoms with van der Waals surface area (Å²) < 4.78 is 0. The lowest BCUT2D eigenvalue weighted by molar-refractivity contribution is -0.547. The van der Waals surface area contributed by atoms with Gasteiger partial charge in [0.05, 0.1) is 0 Å². The molecule has 0 saturated heterocycles. The van der Waals surface area contributed by atoms with Crippen molar-refractivity contribution in [1.82, 2.24) is 0 Å². The molecule has 172 valence electrons. The first kappa shape index (κ1) is 22.6. The molecule has 0 spiro atoms. The van der Waals surface area contributed by atoms with Gasteiger partial charge in [-0.25, -0.2) is 0 Å². The molecule has 0 aromatic carbocycles. The van der Waals surface area contributed by atoms with Gasteiger partial charge in [0.15, 0.2) is 0 Å². The molecule has 4 aliphatic carbocycles. The highest BCUT2D eigenvalue weighted by Gasteiger charge is 2.64. The SMILES string of the molecule is CC(C)CCC[C@@H](C)[C@H]1CC[C@H]2[C@@H]3C[C@H]([N+](=O)[O-])[C@H]4CCCC[C@]4(C)[C@H]3CC[C@]12C. The van der Waals surface area contributed by atoms with E-state index < -0.39 is 0 Å². The molecule has 0 N–H and O–H groups in total. The van der Waals surface area contributed by atoms with Gasteiger partial charge < -0.3 is 0 Å². The molecule has 3 nitrogen and oxygen atoms in total. The number of nitro groups is 1. The quantitative estimate of drug-likeness (QED) is 0.327. The molecule has 0 aromatic rings. The molecule has 0 heterocycles. The first-order chi connectivity index (χ1) is 14.2. The third kappa shape index (κ3) is 3.64. The minimum absolute atomic E-state index is 0.136. The fraction of sp³-hybridized carbons (Fsp3) is 1.00. The second kappa shape index (κ2) is 8.39. The van der Waals surface area contributed by atoms with Gasteiger partial charge in [0.1, 0.15) is 0 Å². The van der Waals surface area contributed by atoms with Crippen molar-refractivity contribution in [3.05, 3.63) is 10.1 Å². The van der Waals surface area contributed by atoms with Gasteiger partial charge in [0, 0.05) is 17.3 Å². The molecule has 4 aliphatic rings. The summed E-state index contributed by atoms with van der Waals surface area (Å²) in [7, 11) is 0. The van der Waals surface area contributed by atoms with Gasteiger partial charge >= 0.3 is 0 Å². The van der Waals surface area contributed by atoms with Crippen LogP contribution in [0.2, 0.25) is 0 Å². The van der Waals surface area contributed by atoms with Crippen LogP contribution in [0, 0.1) is 62.4 Å². The van der Waals surface area contributed by atoms with Gasteiger partial charge in [0.25, 0.3) is 0 Å². The van der Waals surface area contributed by atoms with Crippen LogP contribution in [0.4, 0.5) is 0 Å². The molecule has 3 heteroatoms. The van der Waals surface area contributed by atoms with E-state index in [-0.39, 0.29) is 16.4 Å². The van der Waals surface area contributed by atoms with Crippen LogP contribution in [-0.4, -0.2) is 11.0 Å². The van der Waals surface area contributed by atoms with Gasteiger partial charge in [-0.2, -0.15) is 0 Å². The Hall–Kier alpha value is -0.600. The monoisotopic (exact) mass is 417 g/mol. The highest BCUT2D eigenvalue weighted by molar-refractivity contribution is 5.11. The summed E-state index contributed by atoms with van der Waals surface area (Å²) in [4.78, 5) is 12.3. The van der Waals surface area contributed by atoms with Crippen molar-refractivity contribution >= 4 is 0 Å². The minimum atomic E-state index is -0.276. The van der Waals surface area contributed by atoms with Crippen molar-refractivity contribution in [3.8, 4) is 0 Å². The Labute approximate surface area is 185 Å². The van der Waals surface area contributed by atoms with E-state index >= 15 is 0 Å². The summed E-state index contributed by atoms with van der Waals surface area (Å²) in [6.45, 7) is 12.3. The van der Waals surface area contributed by atoms with Crippen LogP contribution in [0.3, 0.4) is 0 Å². The Bertz CT molecular complexity index is 632. The van der Waals surface area contributed by atoms with Gasteiger partial charge in [-0.1, -0.05) is 66.7 Å². The number of fused-ring (bicyclic) bond motifs is 5. The molecular formula is C27H47NO2. The van der Waals surface area contributed by atoms with E-state index in [9.17, 15) is 10.1 Å². The second-order valence-electron chi connectivity index (χ2n) is 12.9. The molecule has 4 fully saturated rings. The molecule has 0 unspecified atom stereocenters. The lowest BCUT2D eigenvalue weighted by Gasteiger charge is -2.60. The summed E-state index contributed by atoms with van der Waals surface area (Å²) in [5.74, 6) is 4.86. The van der Waals surface area contributed by atoms with Crippen molar-refractivity contribution in [3.63, 3.8) is 0 Å². The maximum absolute atomic E-state index is 12.1. The zero-order valence-corrected chi connectivity index (χ0v) is 20.4. The van der Waals surface area contributed by atoms with Gasteiger partial charge in [-0.3, -0.25) is 10.1 Å². The van der Waals surface area contributed by atoms with E-state index in [0.29, 0.717) is 17.3 Å². The van der Waals surface area contributed by atoms with Crippen LogP contribution in [0.1, 0.15) is 112 Å². The largest absolute Gasteiger partial charge is 0.264 e. The summed E-state index contributed by atoms with van der Waals surface area (Å²) in [6, 6.07) is -0.276. The van der Waals surface area contributed by atoms with E-state index in [1.54, 1.807) is 0 Å². The summed E-state index contributed by atoms with van der Waals surface area (Å²) in [5, 5.41) is 12.1. The van der Waals surface area contributed by atoms with Crippen LogP contribution < -0.4 is 0 Å². The summed E-state index contributed by atoms with van der Waals surface area (Å²) >= 11 is 0. The third-order valence-electron chi connectivity index (χ3n) is 11.1. The molecule has 0 bridgehead atoms. The average Bonchev–Trinajstić information content (AvgIpc) is 3.03. The Balaban J connectivity index is 1.54. The van der Waals surface area contributed by atoms with E-state index in [1.165, 1.54) is 64.2 Å². The molecule has 9 atom stereocenters. The number of nitrogens with zero attached hydrogens (tertiary/aromatic N) is 1. The Morgan fingerprint density at radius 3 is 2.33 bits per heavy atom. The summed E-state index contributed by atoms with van der Waals surface area (Å²) in [5.41, 5.74) is 0.651. The molecule has 0 amide bonds. The number of hydrogen-bond acceptors (Lipinski definition) is 2. The summed E-state index contributed by atoms with van der Waals surface area (Å²) in [6.07, 6.45) is 15.2. The van der Waals surface area contributed by atoms with Gasteiger partial charge in [-0.15, -0.1) is 0 Å². The van der Waals surface area contributed by atoms with E-state index in [1.807, 2.05) is 0 Å². The maximum atomic E-state index is 12.1. The van der Waals surface area contributed by atoms with E-state index in [4.69, 9.17) is 0 Å². The predicted molar refractivity (Wildman–Crippen MR) is 124 cm³/mol. The topological polar surface area (TPSA) is 43.1 Å². The van der Waals surface area contributed by atoms with Gasteiger partial charge in [0.2, 0.25) is 6.04 Å². The second-order valence-corrected chi connectivity index (χ2v) is 12.9.